The first-order valence-electron chi connectivity index (χ1n) is 4.85. The molecule has 0 N–H and O–H groups in total. The lowest BCUT2D eigenvalue weighted by molar-refractivity contribution is -0.671. The zero-order chi connectivity index (χ0) is 9.68. The Labute approximate surface area is 79.9 Å². The highest BCUT2D eigenvalue weighted by molar-refractivity contribution is 4.66. The van der Waals surface area contributed by atoms with Gasteiger partial charge in [0.15, 0.2) is 0 Å². The molecule has 0 aliphatic rings. The molecule has 0 saturated heterocycles. The zero-order valence-corrected chi connectivity index (χ0v) is 8.73. The van der Waals surface area contributed by atoms with Gasteiger partial charge in [-0.25, -0.2) is 9.13 Å². The molecule has 1 atom stereocenters. The van der Waals surface area contributed by atoms with Gasteiger partial charge < -0.3 is 4.74 Å². The van der Waals surface area contributed by atoms with Crippen LogP contribution in [-0.4, -0.2) is 17.3 Å². The molecule has 0 saturated carbocycles. The quantitative estimate of drug-likeness (QED) is 0.626. The highest BCUT2D eigenvalue weighted by atomic mass is 16.5. The molecule has 0 amide bonds. The van der Waals surface area contributed by atoms with Crippen LogP contribution in [0.4, 0.5) is 0 Å². The first-order valence-corrected chi connectivity index (χ1v) is 4.85. The van der Waals surface area contributed by atoms with Gasteiger partial charge in [-0.3, -0.25) is 0 Å². The largest absolute Gasteiger partial charge is 0.379 e. The van der Waals surface area contributed by atoms with Crippen LogP contribution < -0.4 is 4.57 Å². The van der Waals surface area contributed by atoms with Gasteiger partial charge >= 0.3 is 0 Å². The molecule has 0 aromatic carbocycles. The number of hydrogen-bond donors (Lipinski definition) is 0. The Hall–Kier alpha value is -0.830. The van der Waals surface area contributed by atoms with E-state index in [1.165, 1.54) is 0 Å². The van der Waals surface area contributed by atoms with E-state index in [0.717, 1.165) is 19.6 Å². The van der Waals surface area contributed by atoms with Crippen LogP contribution in [0.5, 0.6) is 0 Å². The van der Waals surface area contributed by atoms with Crippen molar-refractivity contribution < 1.29 is 9.30 Å². The predicted octanol–water partition coefficient (Wildman–Crippen LogP) is 1.13. The Morgan fingerprint density at radius 1 is 1.54 bits per heavy atom. The second-order valence-corrected chi connectivity index (χ2v) is 3.37. The minimum absolute atomic E-state index is 0.359. The van der Waals surface area contributed by atoms with E-state index >= 15 is 0 Å². The molecule has 3 nitrogen and oxygen atoms in total. The summed E-state index contributed by atoms with van der Waals surface area (Å²) in [4.78, 5) is 0. The van der Waals surface area contributed by atoms with Crippen molar-refractivity contribution in [1.29, 1.82) is 0 Å². The minimum atomic E-state index is 0.359. The summed E-state index contributed by atoms with van der Waals surface area (Å²) in [7, 11) is 2.03. The first kappa shape index (κ1) is 10.3. The SMILES string of the molecule is CCOC(C)CCn1cc[n+](C)c1. The molecule has 1 unspecified atom stereocenters. The van der Waals surface area contributed by atoms with Gasteiger partial charge in [0.1, 0.15) is 12.4 Å². The lowest BCUT2D eigenvalue weighted by Crippen LogP contribution is -2.24. The molecule has 1 rings (SSSR count). The molecule has 1 heterocycles. The second kappa shape index (κ2) is 5.02. The van der Waals surface area contributed by atoms with Crippen LogP contribution in [0.3, 0.4) is 0 Å². The summed E-state index contributed by atoms with van der Waals surface area (Å²) in [6.07, 6.45) is 7.64. The van der Waals surface area contributed by atoms with Crippen LogP contribution in [0.1, 0.15) is 20.3 Å². The van der Waals surface area contributed by atoms with Crippen LogP contribution in [0.15, 0.2) is 18.7 Å². The van der Waals surface area contributed by atoms with Gasteiger partial charge in [0, 0.05) is 13.0 Å². The Kier molecular flexibility index (Phi) is 3.96. The number of ether oxygens (including phenoxy) is 1. The van der Waals surface area contributed by atoms with Crippen LogP contribution >= 0.6 is 0 Å². The molecular weight excluding hydrogens is 164 g/mol. The Balaban J connectivity index is 2.26. The van der Waals surface area contributed by atoms with Gasteiger partial charge in [-0.2, -0.15) is 0 Å². The zero-order valence-electron chi connectivity index (χ0n) is 8.73. The molecule has 0 spiro atoms. The average Bonchev–Trinajstić information content (AvgIpc) is 2.49. The number of rotatable bonds is 5. The van der Waals surface area contributed by atoms with E-state index in [9.17, 15) is 0 Å². The third kappa shape index (κ3) is 3.59. The van der Waals surface area contributed by atoms with Crippen molar-refractivity contribution in [2.45, 2.75) is 32.9 Å². The number of nitrogens with zero attached hydrogens (tertiary/aromatic N) is 2. The average molecular weight is 183 g/mol. The normalized spacial score (nSPS) is 13.2. The fourth-order valence-corrected chi connectivity index (χ4v) is 1.33. The second-order valence-electron chi connectivity index (χ2n) is 3.37. The van der Waals surface area contributed by atoms with Gasteiger partial charge in [0.2, 0.25) is 6.33 Å². The standard InChI is InChI=1S/C10H19N2O/c1-4-13-10(2)5-6-12-8-7-11(3)9-12/h7-10H,4-6H2,1-3H3/q+1. The van der Waals surface area contributed by atoms with Crippen molar-refractivity contribution in [1.82, 2.24) is 4.57 Å². The van der Waals surface area contributed by atoms with Crippen LogP contribution in [0.25, 0.3) is 0 Å². The van der Waals surface area contributed by atoms with Crippen molar-refractivity contribution >= 4 is 0 Å². The summed E-state index contributed by atoms with van der Waals surface area (Å²) in [6, 6.07) is 0. The molecule has 1 aromatic heterocycles. The molecule has 0 fully saturated rings. The molecule has 74 valence electrons. The van der Waals surface area contributed by atoms with Gasteiger partial charge in [0.05, 0.1) is 19.7 Å². The van der Waals surface area contributed by atoms with Gasteiger partial charge in [0.25, 0.3) is 0 Å². The monoisotopic (exact) mass is 183 g/mol. The fourth-order valence-electron chi connectivity index (χ4n) is 1.33. The van der Waals surface area contributed by atoms with E-state index in [1.807, 2.05) is 24.7 Å². The molecule has 0 radical (unpaired) electrons. The lowest BCUT2D eigenvalue weighted by Gasteiger charge is -2.08. The van der Waals surface area contributed by atoms with Crippen molar-refractivity contribution in [3.63, 3.8) is 0 Å². The summed E-state index contributed by atoms with van der Waals surface area (Å²) in [5.74, 6) is 0. The Morgan fingerprint density at radius 3 is 2.85 bits per heavy atom. The Bertz CT molecular complexity index is 245. The van der Waals surface area contributed by atoms with Crippen LogP contribution in [0.2, 0.25) is 0 Å². The highest BCUT2D eigenvalue weighted by Gasteiger charge is 2.04. The van der Waals surface area contributed by atoms with Gasteiger partial charge in [-0.15, -0.1) is 0 Å². The number of aromatic nitrogens is 2. The number of aryl methyl sites for hydroxylation is 2. The first-order chi connectivity index (χ1) is 6.22. The van der Waals surface area contributed by atoms with E-state index in [1.54, 1.807) is 0 Å². The van der Waals surface area contributed by atoms with Crippen molar-refractivity contribution in [3.8, 4) is 0 Å². The molecule has 0 aliphatic carbocycles. The van der Waals surface area contributed by atoms with Crippen molar-refractivity contribution in [2.75, 3.05) is 6.61 Å². The van der Waals surface area contributed by atoms with Crippen molar-refractivity contribution in [3.05, 3.63) is 18.7 Å². The third-order valence-corrected chi connectivity index (χ3v) is 2.07. The third-order valence-electron chi connectivity index (χ3n) is 2.07. The number of imidazole rings is 1. The summed E-state index contributed by atoms with van der Waals surface area (Å²) >= 11 is 0. The molecular formula is C10H19N2O+. The van der Waals surface area contributed by atoms with Crippen LogP contribution in [-0.2, 0) is 18.3 Å². The molecule has 3 heteroatoms. The van der Waals surface area contributed by atoms with Crippen LogP contribution in [0, 0.1) is 0 Å². The van der Waals surface area contributed by atoms with Crippen molar-refractivity contribution in [2.24, 2.45) is 7.05 Å². The van der Waals surface area contributed by atoms with E-state index in [0.29, 0.717) is 6.10 Å². The summed E-state index contributed by atoms with van der Waals surface area (Å²) in [5, 5.41) is 0. The topological polar surface area (TPSA) is 18.0 Å². The van der Waals surface area contributed by atoms with E-state index in [-0.39, 0.29) is 0 Å². The summed E-state index contributed by atoms with van der Waals surface area (Å²) < 4.78 is 9.67. The van der Waals surface area contributed by atoms with Gasteiger partial charge in [-0.05, 0) is 13.8 Å². The number of hydrogen-bond acceptors (Lipinski definition) is 1. The summed E-state index contributed by atoms with van der Waals surface area (Å²) in [5.41, 5.74) is 0. The predicted molar refractivity (Wildman–Crippen MR) is 51.3 cm³/mol. The van der Waals surface area contributed by atoms with E-state index in [4.69, 9.17) is 4.74 Å². The maximum atomic E-state index is 5.45. The maximum absolute atomic E-state index is 5.45. The molecule has 0 aliphatic heterocycles. The smallest absolute Gasteiger partial charge is 0.243 e. The lowest BCUT2D eigenvalue weighted by atomic mass is 10.3. The minimum Gasteiger partial charge on any atom is -0.379 e. The molecule has 0 bridgehead atoms. The van der Waals surface area contributed by atoms with E-state index in [2.05, 4.69) is 24.0 Å². The summed E-state index contributed by atoms with van der Waals surface area (Å²) in [6.45, 7) is 5.99. The highest BCUT2D eigenvalue weighted by Crippen LogP contribution is 1.99. The van der Waals surface area contributed by atoms with E-state index < -0.39 is 0 Å². The molecule has 1 aromatic rings. The van der Waals surface area contributed by atoms with Gasteiger partial charge in [-0.1, -0.05) is 0 Å². The molecule has 13 heavy (non-hydrogen) atoms. The maximum Gasteiger partial charge on any atom is 0.243 e. The fraction of sp³-hybridized carbons (Fsp3) is 0.700. The Morgan fingerprint density at radius 2 is 2.31 bits per heavy atom.